The summed E-state index contributed by atoms with van der Waals surface area (Å²) in [5.41, 5.74) is 2.20. The third-order valence-corrected chi connectivity index (χ3v) is 8.19. The average molecular weight is 572 g/mol. The van der Waals surface area contributed by atoms with Crippen molar-refractivity contribution in [1.29, 1.82) is 0 Å². The summed E-state index contributed by atoms with van der Waals surface area (Å²) in [5, 5.41) is 14.1. The van der Waals surface area contributed by atoms with Crippen molar-refractivity contribution in [3.63, 3.8) is 0 Å². The topological polar surface area (TPSA) is 107 Å². The summed E-state index contributed by atoms with van der Waals surface area (Å²) < 4.78 is 15.8. The van der Waals surface area contributed by atoms with E-state index in [2.05, 4.69) is 14.8 Å². The Morgan fingerprint density at radius 3 is 2.55 bits per heavy atom. The fourth-order valence-electron chi connectivity index (χ4n) is 6.06. The number of rotatable bonds is 7. The zero-order valence-electron chi connectivity index (χ0n) is 23.8. The molecular formula is C31H34FN7O3. The van der Waals surface area contributed by atoms with Crippen molar-refractivity contribution in [3.8, 4) is 11.4 Å². The first kappa shape index (κ1) is 27.6. The predicted octanol–water partition coefficient (Wildman–Crippen LogP) is 4.42. The Labute approximate surface area is 243 Å². The highest BCUT2D eigenvalue weighted by Crippen LogP contribution is 2.36. The monoisotopic (exact) mass is 571 g/mol. The molecule has 0 saturated carbocycles. The molecule has 2 aliphatic heterocycles. The highest BCUT2D eigenvalue weighted by molar-refractivity contribution is 5.86. The van der Waals surface area contributed by atoms with E-state index in [0.29, 0.717) is 31.8 Å². The summed E-state index contributed by atoms with van der Waals surface area (Å²) in [6.45, 7) is 6.38. The lowest BCUT2D eigenvalue weighted by Crippen LogP contribution is -2.52. The number of amides is 1. The number of carboxylic acid groups (broad SMARTS) is 1. The third kappa shape index (κ3) is 5.38. The number of fused-ring (bicyclic) bond motifs is 1. The van der Waals surface area contributed by atoms with E-state index >= 15 is 0 Å². The second-order valence-corrected chi connectivity index (χ2v) is 11.6. The maximum atomic E-state index is 14.0. The zero-order chi connectivity index (χ0) is 29.4. The standard InChI is InChI=1S/C31H34FN7O3/c1-31(2,19-29(40)41)30(42)37-16-14-36(15-17-37)27-10-4-8-23(34-27)25-20-33-26-11-12-28(35-39(25)26)38-13-5-9-24(38)21-6-3-7-22(32)18-21/h3-4,6-8,10-12,18,20,24H,5,9,13-17,19H2,1-2H3,(H,40,41)/t24-/m1/s1. The molecule has 2 aliphatic rings. The summed E-state index contributed by atoms with van der Waals surface area (Å²) in [4.78, 5) is 39.8. The fraction of sp³-hybridized carbons (Fsp3) is 0.387. The smallest absolute Gasteiger partial charge is 0.304 e. The molecule has 0 radical (unpaired) electrons. The first-order chi connectivity index (χ1) is 20.2. The number of hydrogen-bond donors (Lipinski definition) is 1. The van der Waals surface area contributed by atoms with Gasteiger partial charge in [-0.25, -0.2) is 18.9 Å². The van der Waals surface area contributed by atoms with Crippen molar-refractivity contribution < 1.29 is 19.1 Å². The molecule has 0 bridgehead atoms. The highest BCUT2D eigenvalue weighted by Gasteiger charge is 2.36. The van der Waals surface area contributed by atoms with Gasteiger partial charge in [-0.1, -0.05) is 32.0 Å². The lowest BCUT2D eigenvalue weighted by molar-refractivity contribution is -0.149. The minimum absolute atomic E-state index is 0.0549. The molecule has 1 amide bonds. The number of anilines is 2. The maximum absolute atomic E-state index is 14.0. The van der Waals surface area contributed by atoms with Crippen LogP contribution in [0, 0.1) is 11.2 Å². The summed E-state index contributed by atoms with van der Waals surface area (Å²) in [7, 11) is 0. The Kier molecular flexibility index (Phi) is 7.26. The lowest BCUT2D eigenvalue weighted by atomic mass is 9.87. The highest BCUT2D eigenvalue weighted by atomic mass is 19.1. The Balaban J connectivity index is 1.21. The van der Waals surface area contributed by atoms with Crippen LogP contribution in [0.15, 0.2) is 60.8 Å². The molecular weight excluding hydrogens is 537 g/mol. The molecule has 1 aromatic carbocycles. The number of carboxylic acids is 1. The van der Waals surface area contributed by atoms with Gasteiger partial charge in [0.25, 0.3) is 0 Å². The molecule has 0 spiro atoms. The first-order valence-electron chi connectivity index (χ1n) is 14.3. The molecule has 1 atom stereocenters. The number of halogens is 1. The van der Waals surface area contributed by atoms with E-state index in [9.17, 15) is 19.1 Å². The molecule has 3 aromatic heterocycles. The van der Waals surface area contributed by atoms with E-state index in [1.807, 2.05) is 40.9 Å². The van der Waals surface area contributed by atoms with Crippen LogP contribution in [0.4, 0.5) is 16.0 Å². The van der Waals surface area contributed by atoms with Crippen LogP contribution in [-0.2, 0) is 9.59 Å². The van der Waals surface area contributed by atoms with Gasteiger partial charge in [0.15, 0.2) is 5.65 Å². The Morgan fingerprint density at radius 1 is 1.00 bits per heavy atom. The van der Waals surface area contributed by atoms with Gasteiger partial charge in [0.05, 0.1) is 29.8 Å². The number of aromatic nitrogens is 4. The van der Waals surface area contributed by atoms with Gasteiger partial charge in [-0.2, -0.15) is 0 Å². The predicted molar refractivity (Wildman–Crippen MR) is 157 cm³/mol. The van der Waals surface area contributed by atoms with E-state index in [-0.39, 0.29) is 24.2 Å². The zero-order valence-corrected chi connectivity index (χ0v) is 23.8. The van der Waals surface area contributed by atoms with E-state index < -0.39 is 11.4 Å². The van der Waals surface area contributed by atoms with Gasteiger partial charge in [-0.05, 0) is 54.8 Å². The van der Waals surface area contributed by atoms with Crippen molar-refractivity contribution >= 4 is 29.2 Å². The van der Waals surface area contributed by atoms with Crippen molar-refractivity contribution in [2.45, 2.75) is 39.2 Å². The minimum atomic E-state index is -0.978. The number of benzene rings is 1. The molecule has 10 nitrogen and oxygen atoms in total. The molecule has 42 heavy (non-hydrogen) atoms. The van der Waals surface area contributed by atoms with Gasteiger partial charge in [0.2, 0.25) is 5.91 Å². The molecule has 2 fully saturated rings. The molecule has 1 N–H and O–H groups in total. The van der Waals surface area contributed by atoms with E-state index in [1.165, 1.54) is 6.07 Å². The Hall–Kier alpha value is -4.54. The largest absolute Gasteiger partial charge is 0.481 e. The summed E-state index contributed by atoms with van der Waals surface area (Å²) in [6, 6.07) is 16.6. The van der Waals surface area contributed by atoms with Crippen LogP contribution >= 0.6 is 0 Å². The van der Waals surface area contributed by atoms with Gasteiger partial charge in [0, 0.05) is 32.7 Å². The van der Waals surface area contributed by atoms with Crippen LogP contribution in [0.3, 0.4) is 0 Å². The quantitative estimate of drug-likeness (QED) is 0.348. The van der Waals surface area contributed by atoms with E-state index in [0.717, 1.165) is 48.0 Å². The minimum Gasteiger partial charge on any atom is -0.481 e. The average Bonchev–Trinajstić information content (AvgIpc) is 3.64. The normalized spacial score (nSPS) is 17.7. The van der Waals surface area contributed by atoms with Crippen LogP contribution in [-0.4, -0.2) is 74.2 Å². The Morgan fingerprint density at radius 2 is 1.79 bits per heavy atom. The molecule has 2 saturated heterocycles. The third-order valence-electron chi connectivity index (χ3n) is 8.19. The number of carbonyl (C=O) groups excluding carboxylic acids is 1. The summed E-state index contributed by atoms with van der Waals surface area (Å²) in [6.07, 6.45) is 3.50. The van der Waals surface area contributed by atoms with Crippen LogP contribution in [0.2, 0.25) is 0 Å². The van der Waals surface area contributed by atoms with Gasteiger partial charge in [0.1, 0.15) is 23.1 Å². The number of pyridine rings is 1. The number of carbonyl (C=O) groups is 2. The maximum Gasteiger partial charge on any atom is 0.304 e. The van der Waals surface area contributed by atoms with Gasteiger partial charge in [-0.15, -0.1) is 5.10 Å². The summed E-state index contributed by atoms with van der Waals surface area (Å²) in [5.74, 6) is 0.239. The van der Waals surface area contributed by atoms with E-state index in [4.69, 9.17) is 10.1 Å². The van der Waals surface area contributed by atoms with Crippen molar-refractivity contribution in [2.75, 3.05) is 42.5 Å². The molecule has 4 aromatic rings. The van der Waals surface area contributed by atoms with Crippen molar-refractivity contribution in [3.05, 3.63) is 72.2 Å². The van der Waals surface area contributed by atoms with Crippen LogP contribution in [0.25, 0.3) is 17.0 Å². The first-order valence-corrected chi connectivity index (χ1v) is 14.3. The Bertz CT molecular complexity index is 1630. The number of piperazine rings is 1. The SMILES string of the molecule is CC(C)(CC(=O)O)C(=O)N1CCN(c2cccc(-c3cnc4ccc(N5CCC[C@@H]5c5cccc(F)c5)nn34)n2)CC1. The number of hydrogen-bond acceptors (Lipinski definition) is 7. The number of aliphatic carboxylic acids is 1. The molecule has 6 rings (SSSR count). The molecule has 218 valence electrons. The van der Waals surface area contributed by atoms with Crippen LogP contribution < -0.4 is 9.80 Å². The van der Waals surface area contributed by atoms with Crippen molar-refractivity contribution in [1.82, 2.24) is 24.5 Å². The van der Waals surface area contributed by atoms with Crippen LogP contribution in [0.5, 0.6) is 0 Å². The molecule has 5 heterocycles. The van der Waals surface area contributed by atoms with Crippen LogP contribution in [0.1, 0.15) is 44.7 Å². The van der Waals surface area contributed by atoms with Gasteiger partial charge in [-0.3, -0.25) is 9.59 Å². The molecule has 0 unspecified atom stereocenters. The van der Waals surface area contributed by atoms with E-state index in [1.54, 1.807) is 37.1 Å². The second kappa shape index (κ2) is 11.0. The van der Waals surface area contributed by atoms with Gasteiger partial charge < -0.3 is 19.8 Å². The fourth-order valence-corrected chi connectivity index (χ4v) is 6.06. The second-order valence-electron chi connectivity index (χ2n) is 11.6. The number of nitrogens with zero attached hydrogens (tertiary/aromatic N) is 7. The molecule has 11 heteroatoms. The lowest BCUT2D eigenvalue weighted by Gasteiger charge is -2.38. The molecule has 0 aliphatic carbocycles. The van der Waals surface area contributed by atoms with Crippen molar-refractivity contribution in [2.24, 2.45) is 5.41 Å². The number of imidazole rings is 1. The summed E-state index contributed by atoms with van der Waals surface area (Å²) >= 11 is 0. The van der Waals surface area contributed by atoms with Gasteiger partial charge >= 0.3 is 5.97 Å².